The van der Waals surface area contributed by atoms with Crippen molar-refractivity contribution in [3.8, 4) is 0 Å². The van der Waals surface area contributed by atoms with Crippen molar-refractivity contribution >= 4 is 23.7 Å². The predicted octanol–water partition coefficient (Wildman–Crippen LogP) is 2.76. The largest absolute Gasteiger partial charge is 0.466 e. The number of piperidine rings is 1. The van der Waals surface area contributed by atoms with E-state index in [1.54, 1.807) is 13.8 Å². The van der Waals surface area contributed by atoms with E-state index in [9.17, 15) is 18.8 Å². The highest BCUT2D eigenvalue weighted by atomic mass is 19.1. The average Bonchev–Trinajstić information content (AvgIpc) is 3.40. The van der Waals surface area contributed by atoms with E-state index >= 15 is 0 Å². The maximum absolute atomic E-state index is 14.8. The van der Waals surface area contributed by atoms with Gasteiger partial charge >= 0.3 is 18.0 Å². The molecule has 0 bridgehead atoms. The maximum atomic E-state index is 14.8. The number of methoxy groups -OCH3 is 2. The van der Waals surface area contributed by atoms with Crippen molar-refractivity contribution < 1.29 is 37.7 Å². The lowest BCUT2D eigenvalue weighted by atomic mass is 9.80. The summed E-state index contributed by atoms with van der Waals surface area (Å²) in [5, 5.41) is 8.33. The van der Waals surface area contributed by atoms with E-state index in [1.165, 1.54) is 32.4 Å². The summed E-state index contributed by atoms with van der Waals surface area (Å²) in [6, 6.07) is 3.49. The van der Waals surface area contributed by atoms with Crippen LogP contribution in [0.5, 0.6) is 0 Å². The second-order valence-electron chi connectivity index (χ2n) is 10.0. The van der Waals surface area contributed by atoms with Crippen LogP contribution in [0.2, 0.25) is 0 Å². The molecule has 11 nitrogen and oxygen atoms in total. The first kappa shape index (κ1) is 29.5. The fraction of sp³-hybridized carbons (Fsp3) is 0.536. The number of carbonyl (C=O) groups is 3. The number of dihydropyridines is 1. The normalized spacial score (nSPS) is 19.4. The Bertz CT molecular complexity index is 1160. The Morgan fingerprint density at radius 3 is 2.23 bits per heavy atom. The van der Waals surface area contributed by atoms with Gasteiger partial charge in [0.15, 0.2) is 5.79 Å². The summed E-state index contributed by atoms with van der Waals surface area (Å²) in [6.45, 7) is 7.60. The van der Waals surface area contributed by atoms with Crippen LogP contribution >= 0.6 is 0 Å². The van der Waals surface area contributed by atoms with E-state index in [2.05, 4.69) is 20.9 Å². The number of hydrogen-bond acceptors (Lipinski definition) is 9. The Morgan fingerprint density at radius 1 is 1.05 bits per heavy atom. The fourth-order valence-electron chi connectivity index (χ4n) is 5.48. The molecule has 2 fully saturated rings. The summed E-state index contributed by atoms with van der Waals surface area (Å²) in [5.41, 5.74) is 1.68. The Labute approximate surface area is 233 Å². The van der Waals surface area contributed by atoms with Gasteiger partial charge in [0, 0.05) is 43.9 Å². The first-order chi connectivity index (χ1) is 19.2. The monoisotopic (exact) mass is 560 g/mol. The number of hydrogen-bond donors (Lipinski definition) is 3. The lowest BCUT2D eigenvalue weighted by Gasteiger charge is -2.37. The molecule has 1 spiro atoms. The van der Waals surface area contributed by atoms with Gasteiger partial charge < -0.3 is 39.8 Å². The van der Waals surface area contributed by atoms with E-state index in [0.717, 1.165) is 38.9 Å². The highest BCUT2D eigenvalue weighted by molar-refractivity contribution is 6.00. The highest BCUT2D eigenvalue weighted by Crippen LogP contribution is 2.40. The fourth-order valence-corrected chi connectivity index (χ4v) is 5.48. The lowest BCUT2D eigenvalue weighted by Crippen LogP contribution is -2.45. The van der Waals surface area contributed by atoms with Crippen LogP contribution in [0.15, 0.2) is 40.7 Å². The second kappa shape index (κ2) is 12.8. The summed E-state index contributed by atoms with van der Waals surface area (Å²) in [4.78, 5) is 40.3. The Kier molecular flexibility index (Phi) is 9.44. The van der Waals surface area contributed by atoms with Gasteiger partial charge in [-0.15, -0.1) is 0 Å². The minimum absolute atomic E-state index is 0.0878. The van der Waals surface area contributed by atoms with Crippen LogP contribution in [0.25, 0.3) is 0 Å². The second-order valence-corrected chi connectivity index (χ2v) is 10.0. The van der Waals surface area contributed by atoms with Crippen molar-refractivity contribution in [1.82, 2.24) is 15.5 Å². The minimum atomic E-state index is -0.894. The molecule has 218 valence electrons. The van der Waals surface area contributed by atoms with Crippen LogP contribution in [0, 0.1) is 5.82 Å². The van der Waals surface area contributed by atoms with E-state index in [4.69, 9.17) is 18.9 Å². The number of esters is 2. The summed E-state index contributed by atoms with van der Waals surface area (Å²) >= 11 is 0. The number of urea groups is 1. The van der Waals surface area contributed by atoms with Gasteiger partial charge in [-0.2, -0.15) is 0 Å². The van der Waals surface area contributed by atoms with E-state index < -0.39 is 35.5 Å². The predicted molar refractivity (Wildman–Crippen MR) is 144 cm³/mol. The molecule has 4 rings (SSSR count). The van der Waals surface area contributed by atoms with Gasteiger partial charge in [0.2, 0.25) is 0 Å². The van der Waals surface area contributed by atoms with Crippen LogP contribution in [0.3, 0.4) is 0 Å². The van der Waals surface area contributed by atoms with Crippen LogP contribution in [-0.4, -0.2) is 82.3 Å². The molecule has 1 aromatic rings. The summed E-state index contributed by atoms with van der Waals surface area (Å²) in [7, 11) is 2.48. The maximum Gasteiger partial charge on any atom is 0.336 e. The number of halogens is 1. The first-order valence-electron chi connectivity index (χ1n) is 13.4. The van der Waals surface area contributed by atoms with Crippen molar-refractivity contribution in [2.45, 2.75) is 44.8 Å². The van der Waals surface area contributed by atoms with Crippen molar-refractivity contribution in [3.63, 3.8) is 0 Å². The molecule has 2 amide bonds. The minimum Gasteiger partial charge on any atom is -0.466 e. The van der Waals surface area contributed by atoms with Crippen LogP contribution in [0.4, 0.5) is 14.9 Å². The molecule has 3 aliphatic rings. The Morgan fingerprint density at radius 2 is 1.65 bits per heavy atom. The van der Waals surface area contributed by atoms with Gasteiger partial charge in [-0.3, -0.25) is 0 Å². The summed E-state index contributed by atoms with van der Waals surface area (Å²) < 4.78 is 36.2. The van der Waals surface area contributed by atoms with Gasteiger partial charge in [-0.05, 0) is 44.5 Å². The summed E-state index contributed by atoms with van der Waals surface area (Å²) in [5.74, 6) is -3.26. The molecule has 0 aliphatic carbocycles. The van der Waals surface area contributed by atoms with Crippen molar-refractivity contribution in [2.24, 2.45) is 0 Å². The molecule has 0 aromatic heterocycles. The number of allylic oxidation sites excluding steroid dienone is 2. The Balaban J connectivity index is 1.39. The molecule has 2 saturated heterocycles. The van der Waals surface area contributed by atoms with Crippen LogP contribution in [0.1, 0.15) is 44.6 Å². The number of nitrogens with zero attached hydrogens (tertiary/aromatic N) is 1. The topological polar surface area (TPSA) is 127 Å². The zero-order chi connectivity index (χ0) is 28.9. The van der Waals surface area contributed by atoms with Crippen molar-refractivity contribution in [1.29, 1.82) is 0 Å². The lowest BCUT2D eigenvalue weighted by molar-refractivity contribution is -0.185. The average molecular weight is 561 g/mol. The number of amides is 2. The van der Waals surface area contributed by atoms with Gasteiger partial charge in [0.25, 0.3) is 0 Å². The van der Waals surface area contributed by atoms with E-state index in [0.29, 0.717) is 36.7 Å². The molecular weight excluding hydrogens is 523 g/mol. The first-order valence-corrected chi connectivity index (χ1v) is 13.4. The zero-order valence-corrected chi connectivity index (χ0v) is 23.4. The molecule has 3 aliphatic heterocycles. The summed E-state index contributed by atoms with van der Waals surface area (Å²) in [6.07, 6.45) is 2.37. The SMILES string of the molecule is COC(=O)C1=C(C)NC(C)=C(C(=O)OC)C1c1ccc(F)c(NC(=O)NCCCN2CCC3(CC2)OCCO3)c1. The molecule has 40 heavy (non-hydrogen) atoms. The molecule has 3 heterocycles. The third-order valence-corrected chi connectivity index (χ3v) is 7.51. The molecule has 0 radical (unpaired) electrons. The molecule has 1 aromatic carbocycles. The molecular formula is C28H37FN4O7. The zero-order valence-electron chi connectivity index (χ0n) is 23.4. The number of nitrogens with one attached hydrogen (secondary N) is 3. The van der Waals surface area contributed by atoms with Crippen molar-refractivity contribution in [2.75, 3.05) is 58.9 Å². The number of rotatable bonds is 8. The molecule has 0 saturated carbocycles. The quantitative estimate of drug-likeness (QED) is 0.325. The van der Waals surface area contributed by atoms with Crippen LogP contribution in [-0.2, 0) is 28.5 Å². The number of ether oxygens (including phenoxy) is 4. The molecule has 0 atom stereocenters. The highest BCUT2D eigenvalue weighted by Gasteiger charge is 2.40. The van der Waals surface area contributed by atoms with Crippen molar-refractivity contribution in [3.05, 3.63) is 52.1 Å². The van der Waals surface area contributed by atoms with Gasteiger partial charge in [-0.1, -0.05) is 6.07 Å². The van der Waals surface area contributed by atoms with Crippen LogP contribution < -0.4 is 16.0 Å². The van der Waals surface area contributed by atoms with Gasteiger partial charge in [0.05, 0.1) is 50.2 Å². The molecule has 12 heteroatoms. The smallest absolute Gasteiger partial charge is 0.336 e. The number of benzene rings is 1. The Hall–Kier alpha value is -3.48. The third kappa shape index (κ3) is 6.45. The number of carbonyl (C=O) groups excluding carboxylic acids is 3. The standard InChI is InChI=1S/C28H37FN4O7/c1-17-22(25(34)37-3)24(23(18(2)31-17)26(35)38-4)19-6-7-20(29)21(16-19)32-27(36)30-10-5-11-33-12-8-28(9-13-33)39-14-15-40-28/h6-7,16,24,31H,5,8-15H2,1-4H3,(H2,30,32,36). The number of likely N-dealkylation sites (tertiary alicyclic amines) is 1. The van der Waals surface area contributed by atoms with Gasteiger partial charge in [-0.25, -0.2) is 18.8 Å². The van der Waals surface area contributed by atoms with E-state index in [-0.39, 0.29) is 16.8 Å². The number of anilines is 1. The third-order valence-electron chi connectivity index (χ3n) is 7.51. The molecule has 0 unspecified atom stereocenters. The van der Waals surface area contributed by atoms with Gasteiger partial charge in [0.1, 0.15) is 5.82 Å². The van der Waals surface area contributed by atoms with E-state index in [1.807, 2.05) is 0 Å². The molecule has 3 N–H and O–H groups in total.